The molecule has 35 heavy (non-hydrogen) atoms. The standard InChI is InChI=1S/C25H23Cl2FN6O/c26-20-10-7-17(11-21(20)27)24(35)15-34-23-4-2-1-3-22(23)33(25(34)29)14-19(32-30)13-31-12-16-5-8-18(28)9-6-16/h1-11,13,24,29-31,35H,12,14-15H2/b19-13-,29-25?,32-30?. The molecule has 4 rings (SSSR count). The molecule has 0 saturated carbocycles. The third-order valence-electron chi connectivity index (χ3n) is 5.61. The maximum Gasteiger partial charge on any atom is 0.203 e. The van der Waals surface area contributed by atoms with Crippen LogP contribution in [0, 0.1) is 16.8 Å². The van der Waals surface area contributed by atoms with Gasteiger partial charge >= 0.3 is 0 Å². The second kappa shape index (κ2) is 10.9. The first kappa shape index (κ1) is 24.7. The second-order valence-corrected chi connectivity index (χ2v) is 8.77. The van der Waals surface area contributed by atoms with Crippen molar-refractivity contribution >= 4 is 34.2 Å². The molecule has 3 aromatic carbocycles. The number of nitrogens with one attached hydrogen (secondary N) is 3. The van der Waals surface area contributed by atoms with Crippen molar-refractivity contribution in [2.75, 3.05) is 0 Å². The molecule has 0 bridgehead atoms. The van der Waals surface area contributed by atoms with Gasteiger partial charge in [-0.1, -0.05) is 53.5 Å². The van der Waals surface area contributed by atoms with E-state index in [2.05, 4.69) is 10.4 Å². The van der Waals surface area contributed by atoms with E-state index in [4.69, 9.17) is 34.1 Å². The van der Waals surface area contributed by atoms with Crippen LogP contribution in [0.15, 0.2) is 83.7 Å². The minimum Gasteiger partial charge on any atom is -0.387 e. The maximum atomic E-state index is 13.1. The number of allylic oxidation sites excluding steroid dienone is 1. The van der Waals surface area contributed by atoms with E-state index in [0.29, 0.717) is 27.9 Å². The summed E-state index contributed by atoms with van der Waals surface area (Å²) in [4.78, 5) is 0. The quantitative estimate of drug-likeness (QED) is 0.214. The summed E-state index contributed by atoms with van der Waals surface area (Å²) < 4.78 is 16.5. The van der Waals surface area contributed by atoms with Gasteiger partial charge in [-0.25, -0.2) is 9.92 Å². The molecular weight excluding hydrogens is 490 g/mol. The van der Waals surface area contributed by atoms with E-state index in [0.717, 1.165) is 16.6 Å². The molecule has 4 N–H and O–H groups in total. The topological polar surface area (TPSA) is 102 Å². The predicted molar refractivity (Wildman–Crippen MR) is 134 cm³/mol. The van der Waals surface area contributed by atoms with Crippen LogP contribution in [0.3, 0.4) is 0 Å². The number of imidazole rings is 1. The molecule has 0 aliphatic heterocycles. The lowest BCUT2D eigenvalue weighted by molar-refractivity contribution is 0.155. The Morgan fingerprint density at radius 2 is 1.71 bits per heavy atom. The number of benzene rings is 3. The highest BCUT2D eigenvalue weighted by molar-refractivity contribution is 6.42. The highest BCUT2D eigenvalue weighted by atomic mass is 35.5. The Morgan fingerprint density at radius 1 is 1.03 bits per heavy atom. The SMILES string of the molecule is N=N/C(=C\NCc1ccc(F)cc1)Cn1c(=N)n(CC(O)c2ccc(Cl)c(Cl)c2)c2ccccc21. The molecule has 0 spiro atoms. The number of rotatable bonds is 9. The molecule has 0 radical (unpaired) electrons. The molecule has 1 aromatic heterocycles. The normalized spacial score (nSPS) is 12.6. The van der Waals surface area contributed by atoms with Gasteiger partial charge in [0.15, 0.2) is 0 Å². The van der Waals surface area contributed by atoms with Crippen molar-refractivity contribution in [2.24, 2.45) is 5.11 Å². The molecule has 180 valence electrons. The van der Waals surface area contributed by atoms with E-state index >= 15 is 0 Å². The number of nitrogens with zero attached hydrogens (tertiary/aromatic N) is 3. The Hall–Kier alpha value is -3.46. The summed E-state index contributed by atoms with van der Waals surface area (Å²) in [6, 6.07) is 18.6. The Bertz CT molecular complexity index is 1440. The van der Waals surface area contributed by atoms with Gasteiger partial charge in [-0.05, 0) is 47.5 Å². The lowest BCUT2D eigenvalue weighted by Gasteiger charge is -2.13. The number of fused-ring (bicyclic) bond motifs is 1. The Morgan fingerprint density at radius 3 is 2.37 bits per heavy atom. The van der Waals surface area contributed by atoms with E-state index in [1.54, 1.807) is 45.7 Å². The zero-order valence-electron chi connectivity index (χ0n) is 18.5. The first-order valence-electron chi connectivity index (χ1n) is 10.8. The fourth-order valence-corrected chi connectivity index (χ4v) is 4.11. The zero-order chi connectivity index (χ0) is 24.9. The molecule has 1 unspecified atom stereocenters. The Kier molecular flexibility index (Phi) is 7.65. The van der Waals surface area contributed by atoms with Crippen molar-refractivity contribution in [1.29, 1.82) is 10.9 Å². The summed E-state index contributed by atoms with van der Waals surface area (Å²) >= 11 is 12.1. The molecule has 0 fully saturated rings. The fourth-order valence-electron chi connectivity index (χ4n) is 3.80. The number of aliphatic hydroxyl groups excluding tert-OH is 1. The number of halogens is 3. The van der Waals surface area contributed by atoms with Crippen LogP contribution < -0.4 is 10.9 Å². The largest absolute Gasteiger partial charge is 0.387 e. The van der Waals surface area contributed by atoms with Gasteiger partial charge < -0.3 is 19.6 Å². The molecule has 4 aromatic rings. The van der Waals surface area contributed by atoms with E-state index in [1.165, 1.54) is 12.1 Å². The number of aromatic nitrogens is 2. The summed E-state index contributed by atoms with van der Waals surface area (Å²) in [5.41, 5.74) is 11.2. The van der Waals surface area contributed by atoms with Crippen molar-refractivity contribution in [3.8, 4) is 0 Å². The van der Waals surface area contributed by atoms with Gasteiger partial charge in [-0.2, -0.15) is 5.11 Å². The summed E-state index contributed by atoms with van der Waals surface area (Å²) in [5.74, 6) is -0.300. The molecular formula is C25H23Cl2FN6O. The van der Waals surface area contributed by atoms with Crippen molar-refractivity contribution in [3.63, 3.8) is 0 Å². The van der Waals surface area contributed by atoms with E-state index in [9.17, 15) is 9.50 Å². The van der Waals surface area contributed by atoms with Crippen molar-refractivity contribution < 1.29 is 9.50 Å². The average Bonchev–Trinajstić information content (AvgIpc) is 3.12. The van der Waals surface area contributed by atoms with E-state index in [1.807, 2.05) is 24.3 Å². The first-order chi connectivity index (χ1) is 16.9. The summed E-state index contributed by atoms with van der Waals surface area (Å²) in [5, 5.41) is 27.1. The first-order valence-corrected chi connectivity index (χ1v) is 11.5. The van der Waals surface area contributed by atoms with Gasteiger partial charge in [0.25, 0.3) is 0 Å². The Labute approximate surface area is 211 Å². The predicted octanol–water partition coefficient (Wildman–Crippen LogP) is 5.76. The number of aliphatic hydroxyl groups is 1. The molecule has 1 heterocycles. The van der Waals surface area contributed by atoms with Gasteiger partial charge in [0.05, 0.1) is 46.0 Å². The van der Waals surface area contributed by atoms with Crippen LogP contribution in [-0.2, 0) is 19.6 Å². The highest BCUT2D eigenvalue weighted by Crippen LogP contribution is 2.27. The number of hydrogen-bond acceptors (Lipinski definition) is 5. The van der Waals surface area contributed by atoms with Crippen molar-refractivity contribution in [2.45, 2.75) is 25.7 Å². The van der Waals surface area contributed by atoms with Gasteiger partial charge in [-0.15, -0.1) is 0 Å². The van der Waals surface area contributed by atoms with Gasteiger partial charge in [0.2, 0.25) is 5.62 Å². The van der Waals surface area contributed by atoms with Crippen molar-refractivity contribution in [3.05, 3.63) is 111 Å². The monoisotopic (exact) mass is 512 g/mol. The summed E-state index contributed by atoms with van der Waals surface area (Å²) in [6.07, 6.45) is 0.700. The summed E-state index contributed by atoms with van der Waals surface area (Å²) in [6.45, 7) is 0.745. The molecule has 0 amide bonds. The molecule has 10 heteroatoms. The summed E-state index contributed by atoms with van der Waals surface area (Å²) in [7, 11) is 0. The van der Waals surface area contributed by atoms with E-state index in [-0.39, 0.29) is 24.5 Å². The van der Waals surface area contributed by atoms with Crippen molar-refractivity contribution in [1.82, 2.24) is 14.5 Å². The van der Waals surface area contributed by atoms with E-state index < -0.39 is 6.10 Å². The van der Waals surface area contributed by atoms with Gasteiger partial charge in [0.1, 0.15) is 5.82 Å². The number of hydrogen-bond donors (Lipinski definition) is 4. The smallest absolute Gasteiger partial charge is 0.203 e. The number of para-hydroxylation sites is 2. The van der Waals surface area contributed by atoms with Crippen LogP contribution in [0.25, 0.3) is 11.0 Å². The molecule has 7 nitrogen and oxygen atoms in total. The molecule has 1 atom stereocenters. The van der Waals surface area contributed by atoms with Crippen LogP contribution >= 0.6 is 23.2 Å². The lowest BCUT2D eigenvalue weighted by Crippen LogP contribution is -2.27. The van der Waals surface area contributed by atoms with Crippen LogP contribution in [0.5, 0.6) is 0 Å². The van der Waals surface area contributed by atoms with Crippen LogP contribution in [0.1, 0.15) is 17.2 Å². The average molecular weight is 513 g/mol. The van der Waals surface area contributed by atoms with Crippen LogP contribution in [-0.4, -0.2) is 14.2 Å². The minimum absolute atomic E-state index is 0.129. The third kappa shape index (κ3) is 5.62. The minimum atomic E-state index is -0.911. The molecule has 0 saturated heterocycles. The zero-order valence-corrected chi connectivity index (χ0v) is 20.1. The maximum absolute atomic E-state index is 13.1. The second-order valence-electron chi connectivity index (χ2n) is 7.95. The van der Waals surface area contributed by atoms with Crippen LogP contribution in [0.4, 0.5) is 4.39 Å². The van der Waals surface area contributed by atoms with Crippen LogP contribution in [0.2, 0.25) is 10.0 Å². The lowest BCUT2D eigenvalue weighted by atomic mass is 10.1. The fraction of sp³-hybridized carbons (Fsp3) is 0.160. The highest BCUT2D eigenvalue weighted by Gasteiger charge is 2.16. The third-order valence-corrected chi connectivity index (χ3v) is 6.35. The molecule has 0 aliphatic carbocycles. The Balaban J connectivity index is 1.58. The van der Waals surface area contributed by atoms with Gasteiger partial charge in [0, 0.05) is 12.7 Å². The van der Waals surface area contributed by atoms with Gasteiger partial charge in [-0.3, -0.25) is 5.41 Å². The molecule has 0 aliphatic rings.